The summed E-state index contributed by atoms with van der Waals surface area (Å²) >= 11 is 0. The Kier molecular flexibility index (Phi) is 4.05. The second kappa shape index (κ2) is 5.74. The SMILES string of the molecule is CC(C)Oc1cccc(C(N)Cc2ccoc2)c1. The Labute approximate surface area is 108 Å². The standard InChI is InChI=1S/C15H19NO2/c1-11(2)18-14-5-3-4-13(9-14)15(16)8-12-6-7-17-10-12/h3-7,9-11,15H,8,16H2,1-2H3. The van der Waals surface area contributed by atoms with Gasteiger partial charge < -0.3 is 14.9 Å². The average molecular weight is 245 g/mol. The van der Waals surface area contributed by atoms with Gasteiger partial charge in [-0.15, -0.1) is 0 Å². The predicted octanol–water partition coefficient (Wildman–Crippen LogP) is 3.31. The summed E-state index contributed by atoms with van der Waals surface area (Å²) in [5.74, 6) is 0.866. The number of ether oxygens (including phenoxy) is 1. The van der Waals surface area contributed by atoms with Crippen LogP contribution in [0.25, 0.3) is 0 Å². The van der Waals surface area contributed by atoms with Crippen LogP contribution in [0.4, 0.5) is 0 Å². The third-order valence-corrected chi connectivity index (χ3v) is 2.69. The Morgan fingerprint density at radius 3 is 2.78 bits per heavy atom. The fraction of sp³-hybridized carbons (Fsp3) is 0.333. The second-order valence-corrected chi connectivity index (χ2v) is 4.68. The molecule has 0 aliphatic rings. The van der Waals surface area contributed by atoms with Crippen LogP contribution in [-0.2, 0) is 6.42 Å². The van der Waals surface area contributed by atoms with E-state index < -0.39 is 0 Å². The van der Waals surface area contributed by atoms with Gasteiger partial charge in [0, 0.05) is 6.04 Å². The largest absolute Gasteiger partial charge is 0.491 e. The lowest BCUT2D eigenvalue weighted by Gasteiger charge is -2.14. The Bertz CT molecular complexity index is 477. The van der Waals surface area contributed by atoms with E-state index in [9.17, 15) is 0 Å². The molecule has 1 heterocycles. The van der Waals surface area contributed by atoms with E-state index in [0.717, 1.165) is 23.3 Å². The molecule has 3 nitrogen and oxygen atoms in total. The van der Waals surface area contributed by atoms with Crippen LogP contribution in [0, 0.1) is 0 Å². The Morgan fingerprint density at radius 1 is 1.28 bits per heavy atom. The topological polar surface area (TPSA) is 48.4 Å². The summed E-state index contributed by atoms with van der Waals surface area (Å²) < 4.78 is 10.7. The first kappa shape index (κ1) is 12.7. The van der Waals surface area contributed by atoms with Crippen LogP contribution >= 0.6 is 0 Å². The first-order chi connectivity index (χ1) is 8.65. The zero-order valence-corrected chi connectivity index (χ0v) is 10.8. The highest BCUT2D eigenvalue weighted by Gasteiger charge is 2.09. The van der Waals surface area contributed by atoms with Crippen molar-refractivity contribution in [2.45, 2.75) is 32.4 Å². The molecule has 1 atom stereocenters. The van der Waals surface area contributed by atoms with Crippen molar-refractivity contribution in [2.24, 2.45) is 5.73 Å². The van der Waals surface area contributed by atoms with E-state index in [1.54, 1.807) is 12.5 Å². The van der Waals surface area contributed by atoms with Crippen LogP contribution in [-0.4, -0.2) is 6.10 Å². The molecule has 0 saturated heterocycles. The lowest BCUT2D eigenvalue weighted by atomic mass is 10.0. The van der Waals surface area contributed by atoms with Crippen LogP contribution in [0.3, 0.4) is 0 Å². The maximum atomic E-state index is 6.19. The van der Waals surface area contributed by atoms with E-state index in [4.69, 9.17) is 14.9 Å². The molecule has 96 valence electrons. The van der Waals surface area contributed by atoms with Gasteiger partial charge in [-0.1, -0.05) is 12.1 Å². The van der Waals surface area contributed by atoms with E-state index in [0.29, 0.717) is 0 Å². The van der Waals surface area contributed by atoms with Crippen LogP contribution in [0.5, 0.6) is 5.75 Å². The molecule has 0 amide bonds. The first-order valence-corrected chi connectivity index (χ1v) is 6.18. The van der Waals surface area contributed by atoms with Crippen molar-refractivity contribution in [3.8, 4) is 5.75 Å². The highest BCUT2D eigenvalue weighted by Crippen LogP contribution is 2.21. The third kappa shape index (κ3) is 3.37. The smallest absolute Gasteiger partial charge is 0.120 e. The first-order valence-electron chi connectivity index (χ1n) is 6.18. The lowest BCUT2D eigenvalue weighted by Crippen LogP contribution is -2.13. The lowest BCUT2D eigenvalue weighted by molar-refractivity contribution is 0.242. The molecule has 2 rings (SSSR count). The molecule has 0 aliphatic carbocycles. The second-order valence-electron chi connectivity index (χ2n) is 4.68. The molecule has 1 aromatic carbocycles. The summed E-state index contributed by atoms with van der Waals surface area (Å²) in [6.45, 7) is 4.02. The highest BCUT2D eigenvalue weighted by atomic mass is 16.5. The van der Waals surface area contributed by atoms with Crippen LogP contribution in [0.15, 0.2) is 47.3 Å². The van der Waals surface area contributed by atoms with Gasteiger partial charge in [-0.2, -0.15) is 0 Å². The van der Waals surface area contributed by atoms with E-state index in [-0.39, 0.29) is 12.1 Å². The van der Waals surface area contributed by atoms with E-state index in [2.05, 4.69) is 0 Å². The fourth-order valence-corrected chi connectivity index (χ4v) is 1.87. The maximum absolute atomic E-state index is 6.19. The molecule has 1 aromatic heterocycles. The van der Waals surface area contributed by atoms with Gasteiger partial charge in [0.05, 0.1) is 18.6 Å². The Morgan fingerprint density at radius 2 is 2.11 bits per heavy atom. The average Bonchev–Trinajstić information content (AvgIpc) is 2.81. The van der Waals surface area contributed by atoms with Gasteiger partial charge in [0.2, 0.25) is 0 Å². The normalized spacial score (nSPS) is 12.7. The van der Waals surface area contributed by atoms with Gasteiger partial charge in [0.15, 0.2) is 0 Å². The van der Waals surface area contributed by atoms with E-state index in [1.807, 2.05) is 44.2 Å². The van der Waals surface area contributed by atoms with Gasteiger partial charge in [0.25, 0.3) is 0 Å². The summed E-state index contributed by atoms with van der Waals surface area (Å²) in [7, 11) is 0. The monoisotopic (exact) mass is 245 g/mol. The van der Waals surface area contributed by atoms with Gasteiger partial charge in [0.1, 0.15) is 5.75 Å². The molecule has 0 fully saturated rings. The Balaban J connectivity index is 2.07. The molecule has 1 unspecified atom stereocenters. The van der Waals surface area contributed by atoms with Crippen molar-refractivity contribution < 1.29 is 9.15 Å². The van der Waals surface area contributed by atoms with Crippen molar-refractivity contribution in [3.63, 3.8) is 0 Å². The number of nitrogens with two attached hydrogens (primary N) is 1. The Hall–Kier alpha value is -1.74. The van der Waals surface area contributed by atoms with Crippen LogP contribution < -0.4 is 10.5 Å². The van der Waals surface area contributed by atoms with Gasteiger partial charge in [-0.25, -0.2) is 0 Å². The number of benzene rings is 1. The van der Waals surface area contributed by atoms with Crippen molar-refractivity contribution in [2.75, 3.05) is 0 Å². The number of hydrogen-bond donors (Lipinski definition) is 1. The fourth-order valence-electron chi connectivity index (χ4n) is 1.87. The summed E-state index contributed by atoms with van der Waals surface area (Å²) in [6, 6.07) is 9.85. The molecule has 2 aromatic rings. The van der Waals surface area contributed by atoms with Crippen LogP contribution in [0.1, 0.15) is 31.0 Å². The molecule has 0 spiro atoms. The number of rotatable bonds is 5. The molecule has 0 aliphatic heterocycles. The van der Waals surface area contributed by atoms with Crippen molar-refractivity contribution in [1.29, 1.82) is 0 Å². The number of hydrogen-bond acceptors (Lipinski definition) is 3. The molecule has 0 saturated carbocycles. The molecular weight excluding hydrogens is 226 g/mol. The summed E-state index contributed by atoms with van der Waals surface area (Å²) in [6.07, 6.45) is 4.33. The summed E-state index contributed by atoms with van der Waals surface area (Å²) in [5, 5.41) is 0. The predicted molar refractivity (Wildman–Crippen MR) is 71.5 cm³/mol. The van der Waals surface area contributed by atoms with Crippen LogP contribution in [0.2, 0.25) is 0 Å². The zero-order valence-electron chi connectivity index (χ0n) is 10.8. The maximum Gasteiger partial charge on any atom is 0.120 e. The quantitative estimate of drug-likeness (QED) is 0.879. The van der Waals surface area contributed by atoms with E-state index in [1.165, 1.54) is 0 Å². The minimum Gasteiger partial charge on any atom is -0.491 e. The van der Waals surface area contributed by atoms with E-state index >= 15 is 0 Å². The molecule has 18 heavy (non-hydrogen) atoms. The molecule has 0 radical (unpaired) electrons. The third-order valence-electron chi connectivity index (χ3n) is 2.69. The minimum atomic E-state index is -0.0432. The molecule has 2 N–H and O–H groups in total. The zero-order chi connectivity index (χ0) is 13.0. The van der Waals surface area contributed by atoms with Crippen molar-refractivity contribution in [1.82, 2.24) is 0 Å². The highest BCUT2D eigenvalue weighted by molar-refractivity contribution is 5.31. The van der Waals surface area contributed by atoms with Gasteiger partial charge in [-0.3, -0.25) is 0 Å². The minimum absolute atomic E-state index is 0.0432. The van der Waals surface area contributed by atoms with Crippen molar-refractivity contribution >= 4 is 0 Å². The molecule has 0 bridgehead atoms. The van der Waals surface area contributed by atoms with Gasteiger partial charge in [-0.05, 0) is 49.6 Å². The molecular formula is C15H19NO2. The summed E-state index contributed by atoms with van der Waals surface area (Å²) in [4.78, 5) is 0. The molecule has 3 heteroatoms. The number of furan rings is 1. The summed E-state index contributed by atoms with van der Waals surface area (Å²) in [5.41, 5.74) is 8.38. The van der Waals surface area contributed by atoms with Crippen molar-refractivity contribution in [3.05, 3.63) is 54.0 Å². The van der Waals surface area contributed by atoms with Gasteiger partial charge >= 0.3 is 0 Å².